The Balaban J connectivity index is 2.55. The van der Waals surface area contributed by atoms with E-state index in [9.17, 15) is 0 Å². The second kappa shape index (κ2) is 3.29. The molecule has 1 aromatic carbocycles. The summed E-state index contributed by atoms with van der Waals surface area (Å²) in [6, 6.07) is 6.37. The van der Waals surface area contributed by atoms with Gasteiger partial charge in [-0.15, -0.1) is 0 Å². The van der Waals surface area contributed by atoms with Gasteiger partial charge in [0.15, 0.2) is 5.65 Å². The Kier molecular flexibility index (Phi) is 1.99. The summed E-state index contributed by atoms with van der Waals surface area (Å²) in [6.07, 6.45) is 0. The van der Waals surface area contributed by atoms with Crippen LogP contribution in [0.4, 0.5) is 0 Å². The highest BCUT2D eigenvalue weighted by molar-refractivity contribution is 5.82. The van der Waals surface area contributed by atoms with Gasteiger partial charge in [0.25, 0.3) is 0 Å². The Morgan fingerprint density at radius 3 is 2.35 bits per heavy atom. The van der Waals surface area contributed by atoms with Crippen molar-refractivity contribution in [3.63, 3.8) is 0 Å². The van der Waals surface area contributed by atoms with E-state index in [1.54, 1.807) is 0 Å². The highest BCUT2D eigenvalue weighted by Crippen LogP contribution is 2.21. The van der Waals surface area contributed by atoms with Gasteiger partial charge in [0.1, 0.15) is 0 Å². The van der Waals surface area contributed by atoms with Gasteiger partial charge in [-0.1, -0.05) is 0 Å². The molecule has 17 heavy (non-hydrogen) atoms. The number of hydrogen-bond acceptors (Lipinski definition) is 2. The molecule has 2 aromatic heterocycles. The van der Waals surface area contributed by atoms with Crippen LogP contribution in [0.1, 0.15) is 22.4 Å². The third-order valence-corrected chi connectivity index (χ3v) is 3.28. The maximum absolute atomic E-state index is 4.66. The third-order valence-electron chi connectivity index (χ3n) is 3.28. The van der Waals surface area contributed by atoms with Crippen LogP contribution in [-0.4, -0.2) is 14.6 Å². The zero-order valence-electron chi connectivity index (χ0n) is 10.6. The summed E-state index contributed by atoms with van der Waals surface area (Å²) < 4.78 is 1.95. The first-order chi connectivity index (χ1) is 8.06. The first-order valence-electron chi connectivity index (χ1n) is 5.80. The summed E-state index contributed by atoms with van der Waals surface area (Å²) in [6.45, 7) is 8.33. The van der Waals surface area contributed by atoms with E-state index in [0.29, 0.717) is 0 Å². The summed E-state index contributed by atoms with van der Waals surface area (Å²) in [5.74, 6) is 0. The molecule has 3 heteroatoms. The number of rotatable bonds is 0. The standard InChI is InChI=1S/C14H15N3/c1-8-6-12-13(7-9(8)2)17-14(15-12)10(3)5-11(4)16-17/h5-7H,1-4H3. The number of aromatic nitrogens is 3. The lowest BCUT2D eigenvalue weighted by atomic mass is 10.1. The van der Waals surface area contributed by atoms with Gasteiger partial charge in [-0.2, -0.15) is 5.10 Å². The summed E-state index contributed by atoms with van der Waals surface area (Å²) in [7, 11) is 0. The van der Waals surface area contributed by atoms with Crippen LogP contribution in [0, 0.1) is 27.7 Å². The van der Waals surface area contributed by atoms with Crippen molar-refractivity contribution in [2.75, 3.05) is 0 Å². The van der Waals surface area contributed by atoms with Crippen molar-refractivity contribution >= 4 is 16.7 Å². The van der Waals surface area contributed by atoms with Gasteiger partial charge in [0.05, 0.1) is 16.7 Å². The Bertz CT molecular complexity index is 738. The minimum Gasteiger partial charge on any atom is -0.227 e. The van der Waals surface area contributed by atoms with Crippen molar-refractivity contribution in [3.05, 3.63) is 40.6 Å². The van der Waals surface area contributed by atoms with Gasteiger partial charge in [-0.3, -0.25) is 0 Å². The largest absolute Gasteiger partial charge is 0.227 e. The second-order valence-corrected chi connectivity index (χ2v) is 4.74. The predicted octanol–water partition coefficient (Wildman–Crippen LogP) is 3.12. The van der Waals surface area contributed by atoms with Crippen LogP contribution in [0.2, 0.25) is 0 Å². The number of nitrogens with zero attached hydrogens (tertiary/aromatic N) is 3. The number of hydrogen-bond donors (Lipinski definition) is 0. The Hall–Kier alpha value is -1.90. The van der Waals surface area contributed by atoms with E-state index in [-0.39, 0.29) is 0 Å². The Labute approximate surface area is 100 Å². The topological polar surface area (TPSA) is 30.2 Å². The first kappa shape index (κ1) is 10.3. The number of imidazole rings is 1. The fourth-order valence-corrected chi connectivity index (χ4v) is 2.24. The third kappa shape index (κ3) is 1.42. The molecular weight excluding hydrogens is 210 g/mol. The average Bonchev–Trinajstić information content (AvgIpc) is 2.58. The molecule has 0 amide bonds. The Morgan fingerprint density at radius 1 is 0.882 bits per heavy atom. The lowest BCUT2D eigenvalue weighted by Gasteiger charge is -2.01. The zero-order chi connectivity index (χ0) is 12.2. The van der Waals surface area contributed by atoms with Crippen molar-refractivity contribution in [1.82, 2.24) is 14.6 Å². The van der Waals surface area contributed by atoms with E-state index >= 15 is 0 Å². The molecule has 0 aliphatic rings. The van der Waals surface area contributed by atoms with Crippen LogP contribution in [0.5, 0.6) is 0 Å². The predicted molar refractivity (Wildman–Crippen MR) is 69.4 cm³/mol. The molecule has 0 atom stereocenters. The quantitative estimate of drug-likeness (QED) is 0.588. The zero-order valence-corrected chi connectivity index (χ0v) is 10.6. The minimum absolute atomic E-state index is 0.954. The van der Waals surface area contributed by atoms with Gasteiger partial charge in [0.2, 0.25) is 0 Å². The highest BCUT2D eigenvalue weighted by Gasteiger charge is 2.09. The van der Waals surface area contributed by atoms with Gasteiger partial charge >= 0.3 is 0 Å². The van der Waals surface area contributed by atoms with Crippen molar-refractivity contribution in [3.8, 4) is 0 Å². The molecule has 0 fully saturated rings. The van der Waals surface area contributed by atoms with E-state index in [1.807, 2.05) is 11.4 Å². The molecule has 3 aromatic rings. The van der Waals surface area contributed by atoms with Crippen molar-refractivity contribution in [2.24, 2.45) is 0 Å². The molecule has 86 valence electrons. The van der Waals surface area contributed by atoms with E-state index in [0.717, 1.165) is 22.4 Å². The molecule has 0 radical (unpaired) electrons. The van der Waals surface area contributed by atoms with Crippen LogP contribution >= 0.6 is 0 Å². The molecule has 0 bridgehead atoms. The van der Waals surface area contributed by atoms with Gasteiger partial charge in [-0.05, 0) is 62.6 Å². The fraction of sp³-hybridized carbons (Fsp3) is 0.286. The molecule has 2 heterocycles. The molecule has 0 aliphatic carbocycles. The molecule has 3 nitrogen and oxygen atoms in total. The van der Waals surface area contributed by atoms with Crippen LogP contribution in [0.3, 0.4) is 0 Å². The molecular formula is C14H15N3. The minimum atomic E-state index is 0.954. The van der Waals surface area contributed by atoms with Gasteiger partial charge < -0.3 is 0 Å². The molecule has 3 rings (SSSR count). The van der Waals surface area contributed by atoms with Crippen molar-refractivity contribution < 1.29 is 0 Å². The monoisotopic (exact) mass is 225 g/mol. The van der Waals surface area contributed by atoms with Gasteiger partial charge in [-0.25, -0.2) is 9.50 Å². The van der Waals surface area contributed by atoms with Crippen LogP contribution in [0.15, 0.2) is 18.2 Å². The lowest BCUT2D eigenvalue weighted by Crippen LogP contribution is -1.96. The van der Waals surface area contributed by atoms with Crippen molar-refractivity contribution in [1.29, 1.82) is 0 Å². The maximum atomic E-state index is 4.66. The second-order valence-electron chi connectivity index (χ2n) is 4.74. The smallest absolute Gasteiger partial charge is 0.157 e. The summed E-state index contributed by atoms with van der Waals surface area (Å²) >= 11 is 0. The average molecular weight is 225 g/mol. The molecule has 0 saturated carbocycles. The molecule has 0 unspecified atom stereocenters. The fourth-order valence-electron chi connectivity index (χ4n) is 2.24. The number of benzene rings is 1. The highest BCUT2D eigenvalue weighted by atomic mass is 15.3. The maximum Gasteiger partial charge on any atom is 0.157 e. The normalized spacial score (nSPS) is 11.5. The van der Waals surface area contributed by atoms with E-state index in [2.05, 4.69) is 49.1 Å². The van der Waals surface area contributed by atoms with E-state index < -0.39 is 0 Å². The molecule has 0 aliphatic heterocycles. The molecule has 0 saturated heterocycles. The number of fused-ring (bicyclic) bond motifs is 3. The summed E-state index contributed by atoms with van der Waals surface area (Å²) in [5, 5.41) is 4.55. The summed E-state index contributed by atoms with van der Waals surface area (Å²) in [4.78, 5) is 4.66. The van der Waals surface area contributed by atoms with E-state index in [1.165, 1.54) is 16.7 Å². The van der Waals surface area contributed by atoms with Crippen LogP contribution < -0.4 is 0 Å². The number of aryl methyl sites for hydroxylation is 4. The van der Waals surface area contributed by atoms with Crippen molar-refractivity contribution in [2.45, 2.75) is 27.7 Å². The van der Waals surface area contributed by atoms with Gasteiger partial charge in [0, 0.05) is 0 Å². The lowest BCUT2D eigenvalue weighted by molar-refractivity contribution is 0.917. The Morgan fingerprint density at radius 2 is 1.59 bits per heavy atom. The first-order valence-corrected chi connectivity index (χ1v) is 5.80. The van der Waals surface area contributed by atoms with Crippen LogP contribution in [0.25, 0.3) is 16.7 Å². The summed E-state index contributed by atoms with van der Waals surface area (Å²) in [5.41, 5.74) is 7.81. The van der Waals surface area contributed by atoms with E-state index in [4.69, 9.17) is 0 Å². The SMILES string of the molecule is Cc1cc(C)c2nc3cc(C)c(C)cc3n2n1. The molecule has 0 N–H and O–H groups in total. The van der Waals surface area contributed by atoms with Crippen LogP contribution in [-0.2, 0) is 0 Å². The molecule has 0 spiro atoms.